The second kappa shape index (κ2) is 10.3. The monoisotopic (exact) mass is 486 g/mol. The number of aliphatic hydroxyl groups excluding tert-OH is 1. The first-order valence-electron chi connectivity index (χ1n) is 11.9. The number of likely N-dealkylation sites (tertiary alicyclic amines) is 1. The number of nitrogens with zero attached hydrogens (tertiary/aromatic N) is 7. The maximum Gasteiger partial charge on any atom is 0.200 e. The van der Waals surface area contributed by atoms with Gasteiger partial charge in [-0.1, -0.05) is 12.1 Å². The van der Waals surface area contributed by atoms with E-state index in [2.05, 4.69) is 49.3 Å². The molecule has 11 heteroatoms. The number of pyridine rings is 2. The van der Waals surface area contributed by atoms with E-state index in [-0.39, 0.29) is 5.69 Å². The summed E-state index contributed by atoms with van der Waals surface area (Å²) < 4.78 is 16.1. The number of aliphatic hydroxyl groups is 1. The molecule has 0 bridgehead atoms. The lowest BCUT2D eigenvalue weighted by molar-refractivity contribution is 0.0805. The van der Waals surface area contributed by atoms with Crippen LogP contribution in [0.3, 0.4) is 0 Å². The molecule has 2 N–H and O–H groups in total. The van der Waals surface area contributed by atoms with Crippen molar-refractivity contribution in [1.82, 2.24) is 34.4 Å². The Bertz CT molecular complexity index is 1360. The van der Waals surface area contributed by atoms with Gasteiger partial charge in [0.25, 0.3) is 0 Å². The largest absolute Gasteiger partial charge is 0.387 e. The molecule has 0 amide bonds. The van der Waals surface area contributed by atoms with E-state index >= 15 is 0 Å². The van der Waals surface area contributed by atoms with Crippen LogP contribution in [0.15, 0.2) is 48.9 Å². The molecule has 5 heterocycles. The standard InChI is InChI=1S/C25H28BFN8O/c1-33(2)16-7-11-34(12-8-16)15-21(36)17-9-13-35-23(17)25(30-19-6-10-28-14-18(19)27)31-24(32-35)20-4-3-5-22(26)29-20/h3-6,9-10,13-14,16,21,36H,7-8,11-12,15H2,1-2H3,(H,28,30,31,32). The van der Waals surface area contributed by atoms with Crippen molar-refractivity contribution >= 4 is 30.5 Å². The van der Waals surface area contributed by atoms with Crippen LogP contribution in [0.2, 0.25) is 0 Å². The van der Waals surface area contributed by atoms with Gasteiger partial charge in [-0.15, -0.1) is 5.10 Å². The number of anilines is 2. The SMILES string of the molecule is [B]c1cccc(-c2nc(Nc3ccncc3F)c3c(C(O)CN4CCC(N(C)C)CC4)ccn3n2)n1. The van der Waals surface area contributed by atoms with Crippen LogP contribution in [-0.2, 0) is 0 Å². The Kier molecular flexibility index (Phi) is 6.95. The smallest absolute Gasteiger partial charge is 0.200 e. The summed E-state index contributed by atoms with van der Waals surface area (Å²) in [6.07, 6.45) is 5.74. The molecule has 184 valence electrons. The highest BCUT2D eigenvalue weighted by molar-refractivity contribution is 6.30. The predicted molar refractivity (Wildman–Crippen MR) is 137 cm³/mol. The Morgan fingerprint density at radius 2 is 2.00 bits per heavy atom. The van der Waals surface area contributed by atoms with E-state index in [9.17, 15) is 9.50 Å². The van der Waals surface area contributed by atoms with Crippen LogP contribution < -0.4 is 10.9 Å². The highest BCUT2D eigenvalue weighted by Crippen LogP contribution is 2.31. The lowest BCUT2D eigenvalue weighted by Crippen LogP contribution is -2.43. The zero-order chi connectivity index (χ0) is 25.2. The van der Waals surface area contributed by atoms with E-state index in [0.29, 0.717) is 46.6 Å². The average Bonchev–Trinajstić information content (AvgIpc) is 3.30. The summed E-state index contributed by atoms with van der Waals surface area (Å²) in [6.45, 7) is 2.32. The van der Waals surface area contributed by atoms with Gasteiger partial charge in [-0.2, -0.15) is 0 Å². The molecule has 0 saturated carbocycles. The van der Waals surface area contributed by atoms with Crippen molar-refractivity contribution in [2.75, 3.05) is 39.0 Å². The van der Waals surface area contributed by atoms with Gasteiger partial charge in [0.05, 0.1) is 18.0 Å². The van der Waals surface area contributed by atoms with E-state index < -0.39 is 11.9 Å². The number of hydrogen-bond donors (Lipinski definition) is 2. The minimum Gasteiger partial charge on any atom is -0.387 e. The van der Waals surface area contributed by atoms with Gasteiger partial charge in [-0.25, -0.2) is 13.9 Å². The van der Waals surface area contributed by atoms with E-state index in [1.165, 1.54) is 12.3 Å². The Balaban J connectivity index is 1.50. The van der Waals surface area contributed by atoms with Gasteiger partial charge < -0.3 is 20.2 Å². The number of nitrogens with one attached hydrogen (secondary N) is 1. The van der Waals surface area contributed by atoms with Crippen molar-refractivity contribution < 1.29 is 9.50 Å². The minimum atomic E-state index is -0.770. The fraction of sp³-hybridized carbons (Fsp3) is 0.360. The zero-order valence-electron chi connectivity index (χ0n) is 20.3. The average molecular weight is 486 g/mol. The summed E-state index contributed by atoms with van der Waals surface area (Å²) in [7, 11) is 10.1. The second-order valence-corrected chi connectivity index (χ2v) is 9.29. The first kappa shape index (κ1) is 24.3. The number of piperidine rings is 1. The van der Waals surface area contributed by atoms with Gasteiger partial charge in [0.15, 0.2) is 11.6 Å². The fourth-order valence-electron chi connectivity index (χ4n) is 4.65. The molecule has 1 unspecified atom stereocenters. The van der Waals surface area contributed by atoms with Crippen LogP contribution >= 0.6 is 0 Å². The van der Waals surface area contributed by atoms with Crippen LogP contribution in [0.4, 0.5) is 15.9 Å². The predicted octanol–water partition coefficient (Wildman–Crippen LogP) is 1.92. The topological polar surface area (TPSA) is 94.7 Å². The van der Waals surface area contributed by atoms with Crippen molar-refractivity contribution in [3.8, 4) is 11.5 Å². The third-order valence-corrected chi connectivity index (χ3v) is 6.65. The molecule has 4 aromatic heterocycles. The summed E-state index contributed by atoms with van der Waals surface area (Å²) >= 11 is 0. The molecule has 1 atom stereocenters. The molecule has 2 radical (unpaired) electrons. The Hall–Kier alpha value is -3.41. The van der Waals surface area contributed by atoms with Gasteiger partial charge in [-0.05, 0) is 63.8 Å². The lowest BCUT2D eigenvalue weighted by atomic mass is 10.0. The molecule has 1 aliphatic rings. The molecular formula is C25H28BFN8O. The van der Waals surface area contributed by atoms with Gasteiger partial charge in [0.1, 0.15) is 19.1 Å². The lowest BCUT2D eigenvalue weighted by Gasteiger charge is -2.36. The highest BCUT2D eigenvalue weighted by Gasteiger charge is 2.25. The molecule has 9 nitrogen and oxygen atoms in total. The van der Waals surface area contributed by atoms with E-state index in [0.717, 1.165) is 32.1 Å². The molecule has 5 rings (SSSR count). The number of β-amino-alcohol motifs (C(OH)–C–C–N with tert-alkyl or cyclic N) is 1. The van der Waals surface area contributed by atoms with Crippen LogP contribution in [0, 0.1) is 5.82 Å². The summed E-state index contributed by atoms with van der Waals surface area (Å²) in [6, 6.07) is 9.12. The van der Waals surface area contributed by atoms with Crippen LogP contribution in [0.5, 0.6) is 0 Å². The molecule has 0 aliphatic carbocycles. The van der Waals surface area contributed by atoms with Gasteiger partial charge >= 0.3 is 0 Å². The summed E-state index contributed by atoms with van der Waals surface area (Å²) in [5.41, 5.74) is 2.26. The summed E-state index contributed by atoms with van der Waals surface area (Å²) in [5, 5.41) is 18.9. The van der Waals surface area contributed by atoms with Crippen LogP contribution in [0.25, 0.3) is 17.0 Å². The Morgan fingerprint density at radius 3 is 2.72 bits per heavy atom. The molecular weight excluding hydrogens is 458 g/mol. The molecule has 1 fully saturated rings. The normalized spacial score (nSPS) is 16.0. The molecule has 4 aromatic rings. The van der Waals surface area contributed by atoms with Gasteiger partial charge in [0, 0.05) is 30.5 Å². The third kappa shape index (κ3) is 5.08. The number of aromatic nitrogens is 5. The number of halogens is 1. The van der Waals surface area contributed by atoms with Crippen molar-refractivity contribution in [1.29, 1.82) is 0 Å². The maximum atomic E-state index is 14.5. The molecule has 1 aliphatic heterocycles. The van der Waals surface area contributed by atoms with E-state index in [1.807, 2.05) is 6.07 Å². The van der Waals surface area contributed by atoms with Crippen molar-refractivity contribution in [2.45, 2.75) is 25.0 Å². The van der Waals surface area contributed by atoms with Gasteiger partial charge in [-0.3, -0.25) is 9.97 Å². The zero-order valence-corrected chi connectivity index (χ0v) is 20.3. The quantitative estimate of drug-likeness (QED) is 0.383. The van der Waals surface area contributed by atoms with E-state index in [1.54, 1.807) is 28.9 Å². The molecule has 0 spiro atoms. The highest BCUT2D eigenvalue weighted by atomic mass is 19.1. The number of fused-ring (bicyclic) bond motifs is 1. The molecule has 1 saturated heterocycles. The van der Waals surface area contributed by atoms with Gasteiger partial charge in [0.2, 0.25) is 5.82 Å². The van der Waals surface area contributed by atoms with Crippen LogP contribution in [-0.4, -0.2) is 87.1 Å². The van der Waals surface area contributed by atoms with E-state index in [4.69, 9.17) is 7.85 Å². The second-order valence-electron chi connectivity index (χ2n) is 9.29. The Labute approximate surface area is 210 Å². The van der Waals surface area contributed by atoms with Crippen LogP contribution in [0.1, 0.15) is 24.5 Å². The fourth-order valence-corrected chi connectivity index (χ4v) is 4.65. The summed E-state index contributed by atoms with van der Waals surface area (Å²) in [4.78, 5) is 17.3. The summed E-state index contributed by atoms with van der Waals surface area (Å²) in [5.74, 6) is 0.143. The number of hydrogen-bond acceptors (Lipinski definition) is 8. The maximum absolute atomic E-state index is 14.5. The first-order chi connectivity index (χ1) is 17.4. The van der Waals surface area contributed by atoms with Crippen molar-refractivity contribution in [2.24, 2.45) is 0 Å². The number of rotatable bonds is 7. The first-order valence-corrected chi connectivity index (χ1v) is 11.9. The molecule has 0 aromatic carbocycles. The third-order valence-electron chi connectivity index (χ3n) is 6.65. The minimum absolute atomic E-state index is 0.212. The molecule has 36 heavy (non-hydrogen) atoms. The Morgan fingerprint density at radius 1 is 1.19 bits per heavy atom. The van der Waals surface area contributed by atoms with Crippen molar-refractivity contribution in [3.63, 3.8) is 0 Å². The van der Waals surface area contributed by atoms with Crippen molar-refractivity contribution in [3.05, 3.63) is 60.3 Å².